The third-order valence-electron chi connectivity index (χ3n) is 3.16. The molecule has 1 aromatic heterocycles. The van der Waals surface area contributed by atoms with Crippen LogP contribution in [0, 0.1) is 0 Å². The molecule has 0 bridgehead atoms. The van der Waals surface area contributed by atoms with E-state index in [0.29, 0.717) is 12.0 Å². The number of aromatic nitrogens is 1. The molecule has 1 aromatic carbocycles. The zero-order chi connectivity index (χ0) is 15.6. The van der Waals surface area contributed by atoms with E-state index in [1.807, 2.05) is 0 Å². The highest BCUT2D eigenvalue weighted by Crippen LogP contribution is 2.32. The lowest BCUT2D eigenvalue weighted by Crippen LogP contribution is -2.29. The van der Waals surface area contributed by atoms with Crippen LogP contribution in [-0.2, 0) is 0 Å². The summed E-state index contributed by atoms with van der Waals surface area (Å²) in [6, 6.07) is 6.90. The summed E-state index contributed by atoms with van der Waals surface area (Å²) < 4.78 is 2.13. The highest BCUT2D eigenvalue weighted by molar-refractivity contribution is 9.13. The van der Waals surface area contributed by atoms with Crippen molar-refractivity contribution in [2.24, 2.45) is 0 Å². The largest absolute Gasteiger partial charge is 0.302 e. The maximum Gasteiger partial charge on any atom is 0.114 e. The highest BCUT2D eigenvalue weighted by Gasteiger charge is 2.20. The SMILES string of the molecule is CC(C)NC(c1ccc(Br)c(Br)c1)c1nc(C(C)C)cs1. The molecule has 1 unspecified atom stereocenters. The molecular weight excluding hydrogens is 412 g/mol. The number of nitrogens with zero attached hydrogens (tertiary/aromatic N) is 1. The van der Waals surface area contributed by atoms with Crippen molar-refractivity contribution in [1.82, 2.24) is 10.3 Å². The number of benzene rings is 1. The van der Waals surface area contributed by atoms with Gasteiger partial charge in [0.2, 0.25) is 0 Å². The second kappa shape index (κ2) is 7.36. The van der Waals surface area contributed by atoms with E-state index in [2.05, 4.69) is 88.5 Å². The van der Waals surface area contributed by atoms with Crippen LogP contribution in [0.1, 0.15) is 55.9 Å². The van der Waals surface area contributed by atoms with Gasteiger partial charge in [0.05, 0.1) is 11.7 Å². The maximum absolute atomic E-state index is 4.82. The van der Waals surface area contributed by atoms with Gasteiger partial charge in [-0.25, -0.2) is 4.98 Å². The van der Waals surface area contributed by atoms with E-state index in [1.54, 1.807) is 11.3 Å². The van der Waals surface area contributed by atoms with Gasteiger partial charge in [0.1, 0.15) is 5.01 Å². The van der Waals surface area contributed by atoms with Crippen LogP contribution in [0.2, 0.25) is 0 Å². The molecule has 2 aromatic rings. The summed E-state index contributed by atoms with van der Waals surface area (Å²) in [4.78, 5) is 4.82. The van der Waals surface area contributed by atoms with Crippen LogP contribution in [0.25, 0.3) is 0 Å². The van der Waals surface area contributed by atoms with E-state index in [0.717, 1.165) is 14.0 Å². The molecule has 0 aliphatic rings. The van der Waals surface area contributed by atoms with E-state index in [1.165, 1.54) is 11.3 Å². The molecule has 1 heterocycles. The van der Waals surface area contributed by atoms with Crippen molar-refractivity contribution in [2.75, 3.05) is 0 Å². The predicted molar refractivity (Wildman–Crippen MR) is 98.2 cm³/mol. The molecule has 5 heteroatoms. The zero-order valence-electron chi connectivity index (χ0n) is 12.7. The van der Waals surface area contributed by atoms with E-state index >= 15 is 0 Å². The van der Waals surface area contributed by atoms with Crippen molar-refractivity contribution >= 4 is 43.2 Å². The van der Waals surface area contributed by atoms with Crippen LogP contribution in [0.4, 0.5) is 0 Å². The number of hydrogen-bond acceptors (Lipinski definition) is 3. The number of thiazole rings is 1. The van der Waals surface area contributed by atoms with Gasteiger partial charge in [-0.1, -0.05) is 19.9 Å². The minimum absolute atomic E-state index is 0.131. The first kappa shape index (κ1) is 17.1. The first-order valence-corrected chi connectivity index (χ1v) is 9.51. The van der Waals surface area contributed by atoms with Crippen molar-refractivity contribution in [3.8, 4) is 0 Å². The lowest BCUT2D eigenvalue weighted by atomic mass is 10.1. The Balaban J connectivity index is 2.39. The van der Waals surface area contributed by atoms with Crippen molar-refractivity contribution in [1.29, 1.82) is 0 Å². The van der Waals surface area contributed by atoms with Crippen LogP contribution in [-0.4, -0.2) is 11.0 Å². The van der Waals surface area contributed by atoms with E-state index in [-0.39, 0.29) is 6.04 Å². The van der Waals surface area contributed by atoms with Gasteiger partial charge >= 0.3 is 0 Å². The molecule has 0 saturated heterocycles. The Kier molecular flexibility index (Phi) is 6.00. The Morgan fingerprint density at radius 1 is 1.10 bits per heavy atom. The van der Waals surface area contributed by atoms with Crippen LogP contribution in [0.15, 0.2) is 32.5 Å². The Labute approximate surface area is 147 Å². The summed E-state index contributed by atoms with van der Waals surface area (Å²) >= 11 is 8.85. The molecule has 2 nitrogen and oxygen atoms in total. The van der Waals surface area contributed by atoms with Crippen molar-refractivity contribution in [2.45, 2.75) is 45.7 Å². The molecule has 0 fully saturated rings. The fraction of sp³-hybridized carbons (Fsp3) is 0.438. The molecule has 1 atom stereocenters. The summed E-state index contributed by atoms with van der Waals surface area (Å²) in [6.45, 7) is 8.69. The van der Waals surface area contributed by atoms with Gasteiger partial charge in [-0.2, -0.15) is 0 Å². The average molecular weight is 432 g/mol. The van der Waals surface area contributed by atoms with Gasteiger partial charge < -0.3 is 5.32 Å². The quantitative estimate of drug-likeness (QED) is 0.639. The minimum Gasteiger partial charge on any atom is -0.302 e. The summed E-state index contributed by atoms with van der Waals surface area (Å²) in [5.74, 6) is 0.464. The molecule has 2 rings (SSSR count). The molecule has 0 saturated carbocycles. The standard InChI is InChI=1S/C16H20Br2N2S/c1-9(2)14-8-21-16(20-14)15(19-10(3)4)11-5-6-12(17)13(18)7-11/h5-10,15,19H,1-4H3. The summed E-state index contributed by atoms with van der Waals surface area (Å²) in [7, 11) is 0. The molecule has 0 spiro atoms. The van der Waals surface area contributed by atoms with Gasteiger partial charge in [-0.15, -0.1) is 11.3 Å². The fourth-order valence-corrected chi connectivity index (χ4v) is 3.74. The van der Waals surface area contributed by atoms with Gasteiger partial charge in [0.15, 0.2) is 0 Å². The van der Waals surface area contributed by atoms with Crippen LogP contribution in [0.5, 0.6) is 0 Å². The van der Waals surface area contributed by atoms with Gasteiger partial charge in [0.25, 0.3) is 0 Å². The Morgan fingerprint density at radius 2 is 1.81 bits per heavy atom. The Morgan fingerprint density at radius 3 is 2.33 bits per heavy atom. The third-order valence-corrected chi connectivity index (χ3v) is 5.96. The zero-order valence-corrected chi connectivity index (χ0v) is 16.6. The van der Waals surface area contributed by atoms with Crippen molar-refractivity contribution < 1.29 is 0 Å². The molecule has 0 radical (unpaired) electrons. The first-order valence-electron chi connectivity index (χ1n) is 7.04. The average Bonchev–Trinajstić information content (AvgIpc) is 2.89. The van der Waals surface area contributed by atoms with Gasteiger partial charge in [-0.05, 0) is 69.3 Å². The summed E-state index contributed by atoms with van der Waals surface area (Å²) in [6.07, 6.45) is 0. The molecule has 21 heavy (non-hydrogen) atoms. The monoisotopic (exact) mass is 430 g/mol. The third kappa shape index (κ3) is 4.38. The summed E-state index contributed by atoms with van der Waals surface area (Å²) in [5.41, 5.74) is 2.39. The number of rotatable bonds is 5. The van der Waals surface area contributed by atoms with Crippen molar-refractivity contribution in [3.63, 3.8) is 0 Å². The molecule has 0 aliphatic carbocycles. The van der Waals surface area contributed by atoms with E-state index in [9.17, 15) is 0 Å². The normalized spacial score (nSPS) is 13.1. The number of halogens is 2. The Bertz CT molecular complexity index is 608. The first-order chi connectivity index (χ1) is 9.88. The van der Waals surface area contributed by atoms with Crippen LogP contribution in [0.3, 0.4) is 0 Å². The fourth-order valence-electron chi connectivity index (χ4n) is 2.03. The molecular formula is C16H20Br2N2S. The summed E-state index contributed by atoms with van der Waals surface area (Å²) in [5, 5.41) is 6.92. The second-order valence-corrected chi connectivity index (χ2v) is 8.29. The van der Waals surface area contributed by atoms with Crippen LogP contribution >= 0.6 is 43.2 Å². The molecule has 114 valence electrons. The van der Waals surface area contributed by atoms with Crippen LogP contribution < -0.4 is 5.32 Å². The van der Waals surface area contributed by atoms with Gasteiger partial charge in [0, 0.05) is 20.4 Å². The Hall–Kier alpha value is -0.230. The number of nitrogens with one attached hydrogen (secondary N) is 1. The predicted octanol–water partition coefficient (Wildman–Crippen LogP) is 5.88. The van der Waals surface area contributed by atoms with E-state index in [4.69, 9.17) is 4.98 Å². The number of hydrogen-bond donors (Lipinski definition) is 1. The maximum atomic E-state index is 4.82. The highest BCUT2D eigenvalue weighted by atomic mass is 79.9. The molecule has 1 N–H and O–H groups in total. The topological polar surface area (TPSA) is 24.9 Å². The minimum atomic E-state index is 0.131. The smallest absolute Gasteiger partial charge is 0.114 e. The lowest BCUT2D eigenvalue weighted by molar-refractivity contribution is 0.525. The van der Waals surface area contributed by atoms with E-state index < -0.39 is 0 Å². The van der Waals surface area contributed by atoms with Gasteiger partial charge in [-0.3, -0.25) is 0 Å². The molecule has 0 amide bonds. The lowest BCUT2D eigenvalue weighted by Gasteiger charge is -2.20. The second-order valence-electron chi connectivity index (χ2n) is 5.69. The van der Waals surface area contributed by atoms with Crippen molar-refractivity contribution in [3.05, 3.63) is 48.8 Å². The molecule has 0 aliphatic heterocycles.